The van der Waals surface area contributed by atoms with E-state index in [-0.39, 0.29) is 5.91 Å². The molecule has 5 heteroatoms. The largest absolute Gasteiger partial charge is 0.378 e. The summed E-state index contributed by atoms with van der Waals surface area (Å²) in [7, 11) is 2.15. The molecule has 132 valence electrons. The summed E-state index contributed by atoms with van der Waals surface area (Å²) in [4.78, 5) is 21.4. The van der Waals surface area contributed by atoms with Crippen LogP contribution < -0.4 is 0 Å². The fraction of sp³-hybridized carbons (Fsp3) is 0.684. The number of hydrogen-bond donors (Lipinski definition) is 0. The minimum absolute atomic E-state index is 0.0615. The number of carbonyl (C=O) groups excluding carboxylic acids is 1. The van der Waals surface area contributed by atoms with E-state index in [9.17, 15) is 4.79 Å². The SMILES string of the molecule is CCCOC1CCN(C(=O)c2cc([C@@H]3CCCN3C)ccn2)CC1. The number of carbonyl (C=O) groups is 1. The quantitative estimate of drug-likeness (QED) is 0.832. The van der Waals surface area contributed by atoms with Gasteiger partial charge in [-0.1, -0.05) is 6.92 Å². The van der Waals surface area contributed by atoms with Gasteiger partial charge < -0.3 is 9.64 Å². The van der Waals surface area contributed by atoms with Gasteiger partial charge in [0.05, 0.1) is 6.10 Å². The van der Waals surface area contributed by atoms with Crippen molar-refractivity contribution in [2.75, 3.05) is 33.3 Å². The van der Waals surface area contributed by atoms with Crippen LogP contribution in [-0.2, 0) is 4.74 Å². The maximum absolute atomic E-state index is 12.8. The molecule has 2 saturated heterocycles. The molecule has 1 amide bonds. The Bertz CT molecular complexity index is 555. The van der Waals surface area contributed by atoms with Crippen molar-refractivity contribution < 1.29 is 9.53 Å². The standard InChI is InChI=1S/C19H29N3O2/c1-3-13-24-16-7-11-22(12-8-16)19(23)17-14-15(6-9-20-17)18-5-4-10-21(18)2/h6,9,14,16,18H,3-5,7-8,10-13H2,1-2H3/t18-/m0/s1. The van der Waals surface area contributed by atoms with Gasteiger partial charge in [0.25, 0.3) is 5.91 Å². The molecule has 0 saturated carbocycles. The molecular weight excluding hydrogens is 302 g/mol. The second kappa shape index (κ2) is 8.08. The van der Waals surface area contributed by atoms with Gasteiger partial charge in [0.1, 0.15) is 5.69 Å². The van der Waals surface area contributed by atoms with Gasteiger partial charge >= 0.3 is 0 Å². The van der Waals surface area contributed by atoms with Gasteiger partial charge in [0.15, 0.2) is 0 Å². The Morgan fingerprint density at radius 3 is 2.75 bits per heavy atom. The van der Waals surface area contributed by atoms with Crippen LogP contribution in [0.25, 0.3) is 0 Å². The highest BCUT2D eigenvalue weighted by Gasteiger charge is 2.27. The van der Waals surface area contributed by atoms with Crippen LogP contribution in [0.1, 0.15) is 61.1 Å². The summed E-state index contributed by atoms with van der Waals surface area (Å²) in [6.45, 7) is 5.60. The molecule has 3 rings (SSSR count). The number of nitrogens with zero attached hydrogens (tertiary/aromatic N) is 3. The molecule has 3 heterocycles. The topological polar surface area (TPSA) is 45.7 Å². The van der Waals surface area contributed by atoms with Crippen LogP contribution in [0.3, 0.4) is 0 Å². The smallest absolute Gasteiger partial charge is 0.272 e. The highest BCUT2D eigenvalue weighted by molar-refractivity contribution is 5.92. The van der Waals surface area contributed by atoms with Gasteiger partial charge in [-0.25, -0.2) is 0 Å². The minimum atomic E-state index is 0.0615. The highest BCUT2D eigenvalue weighted by atomic mass is 16.5. The second-order valence-corrected chi connectivity index (χ2v) is 6.98. The zero-order chi connectivity index (χ0) is 16.9. The van der Waals surface area contributed by atoms with Gasteiger partial charge in [0, 0.05) is 31.9 Å². The first kappa shape index (κ1) is 17.4. The van der Waals surface area contributed by atoms with Gasteiger partial charge in [-0.15, -0.1) is 0 Å². The number of ether oxygens (including phenoxy) is 1. The molecule has 0 unspecified atom stereocenters. The van der Waals surface area contributed by atoms with E-state index in [2.05, 4.69) is 23.9 Å². The number of aromatic nitrogens is 1. The molecule has 1 aromatic rings. The first-order valence-electron chi connectivity index (χ1n) is 9.26. The van der Waals surface area contributed by atoms with Crippen LogP contribution >= 0.6 is 0 Å². The Hall–Kier alpha value is -1.46. The van der Waals surface area contributed by atoms with Crippen molar-refractivity contribution in [3.05, 3.63) is 29.6 Å². The molecule has 5 nitrogen and oxygen atoms in total. The fourth-order valence-electron chi connectivity index (χ4n) is 3.77. The minimum Gasteiger partial charge on any atom is -0.378 e. The Morgan fingerprint density at radius 1 is 1.29 bits per heavy atom. The molecule has 0 aliphatic carbocycles. The lowest BCUT2D eigenvalue weighted by Crippen LogP contribution is -2.41. The van der Waals surface area contributed by atoms with E-state index in [1.54, 1.807) is 6.20 Å². The molecular formula is C19H29N3O2. The summed E-state index contributed by atoms with van der Waals surface area (Å²) in [5.41, 5.74) is 1.80. The third-order valence-electron chi connectivity index (χ3n) is 5.20. The van der Waals surface area contributed by atoms with Gasteiger partial charge in [-0.2, -0.15) is 0 Å². The summed E-state index contributed by atoms with van der Waals surface area (Å²) >= 11 is 0. The van der Waals surface area contributed by atoms with Crippen molar-refractivity contribution >= 4 is 5.91 Å². The van der Waals surface area contributed by atoms with Gasteiger partial charge in [-0.3, -0.25) is 14.7 Å². The summed E-state index contributed by atoms with van der Waals surface area (Å²) in [6, 6.07) is 4.47. The molecule has 2 aliphatic rings. The number of amides is 1. The van der Waals surface area contributed by atoms with E-state index in [0.29, 0.717) is 17.8 Å². The number of likely N-dealkylation sites (tertiary alicyclic amines) is 2. The number of rotatable bonds is 5. The third-order valence-corrected chi connectivity index (χ3v) is 5.20. The van der Waals surface area contributed by atoms with E-state index in [1.807, 2.05) is 17.0 Å². The number of piperidine rings is 1. The van der Waals surface area contributed by atoms with Crippen molar-refractivity contribution in [2.24, 2.45) is 0 Å². The van der Waals surface area contributed by atoms with Crippen LogP contribution in [0.2, 0.25) is 0 Å². The van der Waals surface area contributed by atoms with Crippen molar-refractivity contribution in [3.8, 4) is 0 Å². The maximum Gasteiger partial charge on any atom is 0.272 e. The van der Waals surface area contributed by atoms with Crippen LogP contribution in [0, 0.1) is 0 Å². The summed E-state index contributed by atoms with van der Waals surface area (Å²) in [6.07, 6.45) is 7.37. The van der Waals surface area contributed by atoms with Gasteiger partial charge in [-0.05, 0) is 63.4 Å². The third kappa shape index (κ3) is 3.95. The van der Waals surface area contributed by atoms with E-state index in [0.717, 1.165) is 51.9 Å². The molecule has 24 heavy (non-hydrogen) atoms. The highest BCUT2D eigenvalue weighted by Crippen LogP contribution is 2.30. The van der Waals surface area contributed by atoms with Crippen LogP contribution in [0.4, 0.5) is 0 Å². The van der Waals surface area contributed by atoms with E-state index < -0.39 is 0 Å². The molecule has 1 atom stereocenters. The summed E-state index contributed by atoms with van der Waals surface area (Å²) in [5, 5.41) is 0. The molecule has 0 N–H and O–H groups in total. The average Bonchev–Trinajstić information content (AvgIpc) is 3.06. The molecule has 0 aromatic carbocycles. The molecule has 1 aromatic heterocycles. The Balaban J connectivity index is 1.61. The molecule has 0 spiro atoms. The molecule has 0 radical (unpaired) electrons. The number of pyridine rings is 1. The lowest BCUT2D eigenvalue weighted by atomic mass is 10.0. The Labute approximate surface area is 145 Å². The van der Waals surface area contributed by atoms with E-state index in [4.69, 9.17) is 4.74 Å². The second-order valence-electron chi connectivity index (χ2n) is 6.98. The van der Waals surface area contributed by atoms with E-state index >= 15 is 0 Å². The maximum atomic E-state index is 12.8. The van der Waals surface area contributed by atoms with Crippen molar-refractivity contribution in [1.82, 2.24) is 14.8 Å². The Morgan fingerprint density at radius 2 is 2.08 bits per heavy atom. The zero-order valence-electron chi connectivity index (χ0n) is 14.9. The Kier molecular flexibility index (Phi) is 5.85. The van der Waals surface area contributed by atoms with Crippen molar-refractivity contribution in [1.29, 1.82) is 0 Å². The average molecular weight is 331 g/mol. The summed E-state index contributed by atoms with van der Waals surface area (Å²) < 4.78 is 5.81. The van der Waals surface area contributed by atoms with Crippen molar-refractivity contribution in [3.63, 3.8) is 0 Å². The summed E-state index contributed by atoms with van der Waals surface area (Å²) in [5.74, 6) is 0.0615. The monoisotopic (exact) mass is 331 g/mol. The lowest BCUT2D eigenvalue weighted by Gasteiger charge is -2.32. The molecule has 2 fully saturated rings. The van der Waals surface area contributed by atoms with Crippen molar-refractivity contribution in [2.45, 2.75) is 51.2 Å². The first-order valence-corrected chi connectivity index (χ1v) is 9.26. The predicted molar refractivity (Wildman–Crippen MR) is 94.0 cm³/mol. The van der Waals surface area contributed by atoms with Crippen LogP contribution in [0.5, 0.6) is 0 Å². The first-order chi connectivity index (χ1) is 11.7. The van der Waals surface area contributed by atoms with Crippen LogP contribution in [-0.4, -0.2) is 60.1 Å². The van der Waals surface area contributed by atoms with Gasteiger partial charge in [0.2, 0.25) is 0 Å². The molecule has 0 bridgehead atoms. The lowest BCUT2D eigenvalue weighted by molar-refractivity contribution is 0.00884. The predicted octanol–water partition coefficient (Wildman–Crippen LogP) is 2.88. The number of hydrogen-bond acceptors (Lipinski definition) is 4. The van der Waals surface area contributed by atoms with E-state index in [1.165, 1.54) is 12.0 Å². The zero-order valence-corrected chi connectivity index (χ0v) is 14.9. The normalized spacial score (nSPS) is 22.9. The van der Waals surface area contributed by atoms with Crippen LogP contribution in [0.15, 0.2) is 18.3 Å². The molecule has 2 aliphatic heterocycles. The fourth-order valence-corrected chi connectivity index (χ4v) is 3.77.